The van der Waals surface area contributed by atoms with Gasteiger partial charge in [-0.2, -0.15) is 0 Å². The summed E-state index contributed by atoms with van der Waals surface area (Å²) in [5.74, 6) is 0. The van der Waals surface area contributed by atoms with E-state index in [1.165, 1.54) is 31.7 Å². The summed E-state index contributed by atoms with van der Waals surface area (Å²) >= 11 is 11.6. The molecule has 0 aromatic heterocycles. The lowest BCUT2D eigenvalue weighted by molar-refractivity contribution is -1.02. The monoisotopic (exact) mass is 404 g/mol. The van der Waals surface area contributed by atoms with E-state index in [4.69, 9.17) is 23.8 Å². The summed E-state index contributed by atoms with van der Waals surface area (Å²) < 4.78 is 0. The summed E-state index contributed by atoms with van der Waals surface area (Å²) in [5, 5.41) is 8.08. The fraction of sp³-hybridized carbons (Fsp3) is 0.381. The van der Waals surface area contributed by atoms with Gasteiger partial charge < -0.3 is 20.4 Å². The highest BCUT2D eigenvalue weighted by Gasteiger charge is 2.33. The Morgan fingerprint density at radius 1 is 1.04 bits per heavy atom. The molecule has 0 amide bonds. The Labute approximate surface area is 172 Å². The predicted octanol–water partition coefficient (Wildman–Crippen LogP) is 1.17. The second-order valence-corrected chi connectivity index (χ2v) is 8.25. The van der Waals surface area contributed by atoms with Crippen LogP contribution in [0.1, 0.15) is 18.5 Å². The Balaban J connectivity index is 1.70. The van der Waals surface area contributed by atoms with Crippen molar-refractivity contribution in [2.75, 3.05) is 38.5 Å². The van der Waals surface area contributed by atoms with Gasteiger partial charge in [0.05, 0.1) is 13.1 Å². The molecule has 1 heterocycles. The summed E-state index contributed by atoms with van der Waals surface area (Å²) in [5.41, 5.74) is 2.26. The van der Waals surface area contributed by atoms with Gasteiger partial charge in [0.15, 0.2) is 5.11 Å². The van der Waals surface area contributed by atoms with E-state index in [0.29, 0.717) is 16.2 Å². The number of anilines is 1. The van der Waals surface area contributed by atoms with E-state index in [1.807, 2.05) is 24.3 Å². The van der Waals surface area contributed by atoms with Gasteiger partial charge in [-0.3, -0.25) is 0 Å². The Morgan fingerprint density at radius 3 is 2.41 bits per heavy atom. The molecular weight excluding hydrogens is 376 g/mol. The number of piperazine rings is 1. The molecule has 3 rings (SSSR count). The smallest absolute Gasteiger partial charge is 0.171 e. The van der Waals surface area contributed by atoms with Crippen LogP contribution in [0.2, 0.25) is 5.02 Å². The van der Waals surface area contributed by atoms with E-state index >= 15 is 0 Å². The molecule has 0 saturated carbocycles. The van der Waals surface area contributed by atoms with Crippen LogP contribution in [-0.2, 0) is 0 Å². The van der Waals surface area contributed by atoms with Crippen molar-refractivity contribution in [1.82, 2.24) is 5.32 Å². The normalized spacial score (nSPS) is 21.9. The molecule has 0 unspecified atom stereocenters. The summed E-state index contributed by atoms with van der Waals surface area (Å²) in [6, 6.07) is 19.0. The molecule has 1 aliphatic rings. The molecule has 2 aromatic carbocycles. The quantitative estimate of drug-likeness (QED) is 0.565. The molecule has 4 nitrogen and oxygen atoms in total. The molecule has 1 aliphatic heterocycles. The Hall–Kier alpha value is -1.66. The standard InChI is InChI=1S/C21H27ClN4S/c1-16(23-21(27)24-19-10-6-9-18(22)15-19)20(17-7-4-3-5-8-17)26-13-11-25(2)12-14-26/h3-10,15-16,20H,11-14H2,1-2H3,(H2,23,24,27)/p+2/t16-,20+/m0/s1. The second-order valence-electron chi connectivity index (χ2n) is 7.40. The molecule has 1 saturated heterocycles. The van der Waals surface area contributed by atoms with Crippen LogP contribution < -0.4 is 20.4 Å². The van der Waals surface area contributed by atoms with Crippen LogP contribution in [0.15, 0.2) is 54.6 Å². The van der Waals surface area contributed by atoms with Crippen molar-refractivity contribution in [3.05, 3.63) is 65.2 Å². The first-order valence-electron chi connectivity index (χ1n) is 9.57. The number of thiocarbonyl (C=S) groups is 1. The minimum atomic E-state index is 0.208. The van der Waals surface area contributed by atoms with Gasteiger partial charge in [-0.1, -0.05) is 48.0 Å². The maximum atomic E-state index is 6.07. The van der Waals surface area contributed by atoms with Crippen LogP contribution in [0.3, 0.4) is 0 Å². The molecule has 27 heavy (non-hydrogen) atoms. The average Bonchev–Trinajstić information content (AvgIpc) is 2.64. The first kappa shape index (κ1) is 20.1. The summed E-state index contributed by atoms with van der Waals surface area (Å²) in [6.07, 6.45) is 0. The third-order valence-electron chi connectivity index (χ3n) is 5.29. The summed E-state index contributed by atoms with van der Waals surface area (Å²) in [4.78, 5) is 3.24. The summed E-state index contributed by atoms with van der Waals surface area (Å²) in [6.45, 7) is 6.98. The zero-order chi connectivity index (χ0) is 19.2. The molecule has 0 radical (unpaired) electrons. The van der Waals surface area contributed by atoms with E-state index in [9.17, 15) is 0 Å². The van der Waals surface area contributed by atoms with Gasteiger partial charge in [-0.25, -0.2) is 0 Å². The zero-order valence-corrected chi connectivity index (χ0v) is 17.5. The van der Waals surface area contributed by atoms with E-state index in [1.54, 1.807) is 9.80 Å². The van der Waals surface area contributed by atoms with Gasteiger partial charge in [0.1, 0.15) is 32.2 Å². The van der Waals surface area contributed by atoms with Crippen LogP contribution in [0.4, 0.5) is 5.69 Å². The maximum Gasteiger partial charge on any atom is 0.171 e. The van der Waals surface area contributed by atoms with Gasteiger partial charge >= 0.3 is 0 Å². The maximum absolute atomic E-state index is 6.07. The number of likely N-dealkylation sites (N-methyl/N-ethyl adjacent to an activating group) is 1. The molecule has 0 spiro atoms. The van der Waals surface area contributed by atoms with Gasteiger partial charge in [0, 0.05) is 16.3 Å². The van der Waals surface area contributed by atoms with E-state index in [2.05, 4.69) is 54.9 Å². The van der Waals surface area contributed by atoms with Crippen LogP contribution in [0, 0.1) is 0 Å². The fourth-order valence-electron chi connectivity index (χ4n) is 3.87. The lowest BCUT2D eigenvalue weighted by atomic mass is 9.98. The van der Waals surface area contributed by atoms with Gasteiger partial charge in [-0.15, -0.1) is 0 Å². The minimum Gasteiger partial charge on any atom is -0.354 e. The van der Waals surface area contributed by atoms with E-state index in [-0.39, 0.29) is 6.04 Å². The molecule has 6 heteroatoms. The third kappa shape index (κ3) is 5.66. The molecule has 0 aliphatic carbocycles. The van der Waals surface area contributed by atoms with Crippen molar-refractivity contribution in [3.63, 3.8) is 0 Å². The van der Waals surface area contributed by atoms with Crippen molar-refractivity contribution >= 4 is 34.6 Å². The first-order valence-corrected chi connectivity index (χ1v) is 10.4. The third-order valence-corrected chi connectivity index (χ3v) is 5.74. The van der Waals surface area contributed by atoms with Crippen LogP contribution in [0.5, 0.6) is 0 Å². The molecule has 144 valence electrons. The average molecular weight is 405 g/mol. The number of nitrogens with one attached hydrogen (secondary N) is 4. The topological polar surface area (TPSA) is 32.9 Å². The molecule has 2 aromatic rings. The number of halogens is 1. The molecule has 4 N–H and O–H groups in total. The van der Waals surface area contributed by atoms with Crippen molar-refractivity contribution in [2.45, 2.75) is 19.0 Å². The van der Waals surface area contributed by atoms with Crippen LogP contribution in [0.25, 0.3) is 0 Å². The predicted molar refractivity (Wildman–Crippen MR) is 117 cm³/mol. The van der Waals surface area contributed by atoms with Gasteiger partial charge in [0.2, 0.25) is 0 Å². The lowest BCUT2D eigenvalue weighted by Gasteiger charge is -2.37. The number of hydrogen-bond donors (Lipinski definition) is 4. The number of benzene rings is 2. The molecular formula is C21H29ClN4S+2. The number of hydrogen-bond acceptors (Lipinski definition) is 1. The zero-order valence-electron chi connectivity index (χ0n) is 16.0. The van der Waals surface area contributed by atoms with Crippen LogP contribution in [-0.4, -0.2) is 44.4 Å². The van der Waals surface area contributed by atoms with Crippen molar-refractivity contribution in [3.8, 4) is 0 Å². The van der Waals surface area contributed by atoms with Crippen LogP contribution >= 0.6 is 23.8 Å². The largest absolute Gasteiger partial charge is 0.354 e. The SMILES string of the molecule is C[C@H](NC(=S)Nc1cccc(Cl)c1)[C@H](c1ccccc1)[NH+]1CC[NH+](C)CC1. The Bertz CT molecular complexity index is 747. The van der Waals surface area contributed by atoms with Gasteiger partial charge in [0.25, 0.3) is 0 Å². The van der Waals surface area contributed by atoms with Crippen molar-refractivity contribution < 1.29 is 9.80 Å². The highest BCUT2D eigenvalue weighted by atomic mass is 35.5. The second kappa shape index (κ2) is 9.51. The number of quaternary nitrogens is 2. The molecule has 0 bridgehead atoms. The van der Waals surface area contributed by atoms with E-state index < -0.39 is 0 Å². The van der Waals surface area contributed by atoms with Gasteiger partial charge in [-0.05, 0) is 37.3 Å². The molecule has 2 atom stereocenters. The lowest BCUT2D eigenvalue weighted by Crippen LogP contribution is -3.27. The highest BCUT2D eigenvalue weighted by molar-refractivity contribution is 7.80. The highest BCUT2D eigenvalue weighted by Crippen LogP contribution is 2.16. The Kier molecular flexibility index (Phi) is 7.07. The number of rotatable bonds is 5. The van der Waals surface area contributed by atoms with Crippen molar-refractivity contribution in [1.29, 1.82) is 0 Å². The van der Waals surface area contributed by atoms with E-state index in [0.717, 1.165) is 5.69 Å². The fourth-order valence-corrected chi connectivity index (χ4v) is 4.36. The van der Waals surface area contributed by atoms with Crippen molar-refractivity contribution in [2.24, 2.45) is 0 Å². The minimum absolute atomic E-state index is 0.208. The first-order chi connectivity index (χ1) is 13.0. The molecule has 1 fully saturated rings. The summed E-state index contributed by atoms with van der Waals surface area (Å²) in [7, 11) is 2.28. The Morgan fingerprint density at radius 2 is 1.74 bits per heavy atom.